The number of likely N-dealkylation sites (tertiary alicyclic amines) is 1. The van der Waals surface area contributed by atoms with Crippen molar-refractivity contribution < 1.29 is 4.39 Å². The molecule has 0 bridgehead atoms. The number of rotatable bonds is 7. The summed E-state index contributed by atoms with van der Waals surface area (Å²) >= 11 is 12.9. The van der Waals surface area contributed by atoms with Crippen LogP contribution in [-0.2, 0) is 12.8 Å². The molecule has 1 nitrogen and oxygen atoms in total. The lowest BCUT2D eigenvalue weighted by atomic mass is 9.76. The first-order valence-corrected chi connectivity index (χ1v) is 13.4. The fraction of sp³-hybridized carbons (Fsp3) is 0.355. The van der Waals surface area contributed by atoms with Gasteiger partial charge in [0.25, 0.3) is 0 Å². The van der Waals surface area contributed by atoms with Gasteiger partial charge in [-0.3, -0.25) is 4.39 Å². The van der Waals surface area contributed by atoms with Gasteiger partial charge in [0.05, 0.1) is 6.67 Å². The molecule has 0 spiro atoms. The van der Waals surface area contributed by atoms with E-state index in [0.717, 1.165) is 50.9 Å². The Labute approximate surface area is 218 Å². The van der Waals surface area contributed by atoms with Crippen molar-refractivity contribution in [2.45, 2.75) is 39.0 Å². The lowest BCUT2D eigenvalue weighted by Crippen LogP contribution is -2.55. The van der Waals surface area contributed by atoms with Gasteiger partial charge in [0.15, 0.2) is 0 Å². The van der Waals surface area contributed by atoms with Gasteiger partial charge in [-0.05, 0) is 88.6 Å². The van der Waals surface area contributed by atoms with Gasteiger partial charge in [0.1, 0.15) is 0 Å². The number of alkyl halides is 1. The number of fused-ring (bicyclic) bond motifs is 1. The molecular formula is C31H32Cl2FN. The normalized spacial score (nSPS) is 17.6. The number of nitrogens with zero attached hydrogens (tertiary/aromatic N) is 1. The van der Waals surface area contributed by atoms with Crippen molar-refractivity contribution in [2.75, 3.05) is 26.3 Å². The van der Waals surface area contributed by atoms with Crippen LogP contribution in [0.4, 0.5) is 4.39 Å². The summed E-state index contributed by atoms with van der Waals surface area (Å²) in [6.45, 7) is 5.09. The predicted octanol–water partition coefficient (Wildman–Crippen LogP) is 8.51. The van der Waals surface area contributed by atoms with E-state index >= 15 is 0 Å². The molecule has 0 unspecified atom stereocenters. The molecule has 5 rings (SSSR count). The second-order valence-electron chi connectivity index (χ2n) is 10.4. The standard InChI is InChI=1S/C31H32Cl2FN/c1-31(20-35(21-31)17-5-16-34)19-22-10-12-24(13-11-22)30-26-8-3-2-6-23(26)7-4-9-28(30)27-15-14-25(32)18-29(27)33/h2-3,6,8,10-15,18H,4-5,7,9,16-17,19-21H2,1H3. The van der Waals surface area contributed by atoms with Crippen LogP contribution in [0.15, 0.2) is 66.7 Å². The zero-order chi connectivity index (χ0) is 24.4. The highest BCUT2D eigenvalue weighted by Crippen LogP contribution is 2.42. The molecule has 0 radical (unpaired) electrons. The maximum absolute atomic E-state index is 12.5. The Morgan fingerprint density at radius 1 is 0.914 bits per heavy atom. The summed E-state index contributed by atoms with van der Waals surface area (Å²) < 4.78 is 12.5. The average Bonchev–Trinajstić information content (AvgIpc) is 3.01. The Kier molecular flexibility index (Phi) is 7.34. The minimum atomic E-state index is -0.225. The minimum absolute atomic E-state index is 0.225. The van der Waals surface area contributed by atoms with Crippen LogP contribution in [0.1, 0.15) is 54.0 Å². The van der Waals surface area contributed by atoms with E-state index in [1.165, 1.54) is 33.4 Å². The lowest BCUT2D eigenvalue weighted by Gasteiger charge is -2.48. The van der Waals surface area contributed by atoms with Crippen LogP contribution in [0.3, 0.4) is 0 Å². The van der Waals surface area contributed by atoms with Crippen molar-refractivity contribution in [2.24, 2.45) is 5.41 Å². The lowest BCUT2D eigenvalue weighted by molar-refractivity contribution is 0.0142. The van der Waals surface area contributed by atoms with Crippen molar-refractivity contribution in [3.05, 3.63) is 105 Å². The highest BCUT2D eigenvalue weighted by molar-refractivity contribution is 6.36. The molecule has 0 atom stereocenters. The minimum Gasteiger partial charge on any atom is -0.302 e. The van der Waals surface area contributed by atoms with E-state index in [4.69, 9.17) is 23.2 Å². The van der Waals surface area contributed by atoms with Crippen molar-refractivity contribution in [1.29, 1.82) is 0 Å². The summed E-state index contributed by atoms with van der Waals surface area (Å²) in [4.78, 5) is 2.36. The summed E-state index contributed by atoms with van der Waals surface area (Å²) in [7, 11) is 0. The predicted molar refractivity (Wildman–Crippen MR) is 147 cm³/mol. The zero-order valence-electron chi connectivity index (χ0n) is 20.3. The Bertz CT molecular complexity index is 1220. The quantitative estimate of drug-likeness (QED) is 0.309. The number of hydrogen-bond donors (Lipinski definition) is 0. The molecule has 0 aromatic heterocycles. The Hall–Kier alpha value is -2.13. The van der Waals surface area contributed by atoms with Crippen molar-refractivity contribution in [1.82, 2.24) is 4.90 Å². The number of aryl methyl sites for hydroxylation is 1. The third kappa shape index (κ3) is 5.35. The van der Waals surface area contributed by atoms with Crippen LogP contribution in [0.25, 0.3) is 11.1 Å². The van der Waals surface area contributed by atoms with Crippen molar-refractivity contribution in [3.8, 4) is 0 Å². The molecule has 2 aliphatic rings. The van der Waals surface area contributed by atoms with Gasteiger partial charge >= 0.3 is 0 Å². The molecule has 4 heteroatoms. The summed E-state index contributed by atoms with van der Waals surface area (Å²) in [6, 6.07) is 23.7. The second kappa shape index (κ2) is 10.5. The molecular weight excluding hydrogens is 476 g/mol. The summed E-state index contributed by atoms with van der Waals surface area (Å²) in [5.74, 6) is 0. The zero-order valence-corrected chi connectivity index (χ0v) is 21.8. The topological polar surface area (TPSA) is 3.24 Å². The molecule has 0 saturated carbocycles. The van der Waals surface area contributed by atoms with E-state index in [1.807, 2.05) is 12.1 Å². The van der Waals surface area contributed by atoms with Crippen LogP contribution in [0, 0.1) is 5.41 Å². The van der Waals surface area contributed by atoms with E-state index in [2.05, 4.69) is 66.4 Å². The third-order valence-corrected chi connectivity index (χ3v) is 7.96. The number of hydrogen-bond acceptors (Lipinski definition) is 1. The maximum Gasteiger partial charge on any atom is 0.0906 e. The van der Waals surface area contributed by atoms with Gasteiger partial charge in [-0.25, -0.2) is 0 Å². The number of benzene rings is 3. The fourth-order valence-electron chi connectivity index (χ4n) is 5.93. The monoisotopic (exact) mass is 507 g/mol. The summed E-state index contributed by atoms with van der Waals surface area (Å²) in [5.41, 5.74) is 9.19. The van der Waals surface area contributed by atoms with Gasteiger partial charge in [-0.2, -0.15) is 0 Å². The van der Waals surface area contributed by atoms with Crippen LogP contribution < -0.4 is 0 Å². The summed E-state index contributed by atoms with van der Waals surface area (Å²) in [6.07, 6.45) is 4.81. The number of allylic oxidation sites excluding steroid dienone is 1. The largest absolute Gasteiger partial charge is 0.302 e. The van der Waals surface area contributed by atoms with E-state index in [9.17, 15) is 4.39 Å². The first-order chi connectivity index (χ1) is 17.0. The first-order valence-electron chi connectivity index (χ1n) is 12.6. The molecule has 1 aliphatic carbocycles. The van der Waals surface area contributed by atoms with E-state index < -0.39 is 0 Å². The molecule has 1 heterocycles. The Morgan fingerprint density at radius 3 is 2.43 bits per heavy atom. The van der Waals surface area contributed by atoms with Gasteiger partial charge in [-0.15, -0.1) is 0 Å². The van der Waals surface area contributed by atoms with E-state index in [1.54, 1.807) is 0 Å². The van der Waals surface area contributed by atoms with Gasteiger partial charge in [-0.1, -0.05) is 84.7 Å². The maximum atomic E-state index is 12.5. The van der Waals surface area contributed by atoms with Crippen molar-refractivity contribution in [3.63, 3.8) is 0 Å². The highest BCUT2D eigenvalue weighted by Gasteiger charge is 2.38. The first kappa shape index (κ1) is 24.6. The highest BCUT2D eigenvalue weighted by atomic mass is 35.5. The summed E-state index contributed by atoms with van der Waals surface area (Å²) in [5, 5.41) is 1.36. The van der Waals surface area contributed by atoms with E-state index in [0.29, 0.717) is 16.5 Å². The molecule has 35 heavy (non-hydrogen) atoms. The van der Waals surface area contributed by atoms with Gasteiger partial charge in [0.2, 0.25) is 0 Å². The fourth-order valence-corrected chi connectivity index (χ4v) is 6.45. The third-order valence-electron chi connectivity index (χ3n) is 7.41. The smallest absolute Gasteiger partial charge is 0.0906 e. The number of halogens is 3. The van der Waals surface area contributed by atoms with Crippen LogP contribution >= 0.6 is 23.2 Å². The molecule has 1 fully saturated rings. The molecule has 0 amide bonds. The van der Waals surface area contributed by atoms with Crippen LogP contribution in [0.5, 0.6) is 0 Å². The molecule has 1 aliphatic heterocycles. The van der Waals surface area contributed by atoms with E-state index in [-0.39, 0.29) is 12.1 Å². The molecule has 3 aromatic carbocycles. The Morgan fingerprint density at radius 2 is 1.69 bits per heavy atom. The molecule has 3 aromatic rings. The average molecular weight is 509 g/mol. The van der Waals surface area contributed by atoms with Crippen LogP contribution in [0.2, 0.25) is 10.0 Å². The van der Waals surface area contributed by atoms with Crippen molar-refractivity contribution >= 4 is 34.3 Å². The SMILES string of the molecule is CC1(Cc2ccc(C3=C(c4ccc(Cl)cc4Cl)CCCc4ccccc43)cc2)CN(CCCF)C1. The molecule has 0 N–H and O–H groups in total. The second-order valence-corrected chi connectivity index (χ2v) is 11.3. The van der Waals surface area contributed by atoms with Gasteiger partial charge < -0.3 is 4.90 Å². The molecule has 182 valence electrons. The molecule has 1 saturated heterocycles. The van der Waals surface area contributed by atoms with Gasteiger partial charge in [0, 0.05) is 29.7 Å². The Balaban J connectivity index is 1.48. The van der Waals surface area contributed by atoms with Crippen LogP contribution in [-0.4, -0.2) is 31.2 Å².